The number of rotatable bonds is 1. The molecule has 0 radical (unpaired) electrons. The second-order valence-electron chi connectivity index (χ2n) is 5.39. The third-order valence-electron chi connectivity index (χ3n) is 4.43. The fraction of sp³-hybridized carbons (Fsp3) is 1.00. The van der Waals surface area contributed by atoms with E-state index in [4.69, 9.17) is 5.84 Å². The van der Waals surface area contributed by atoms with Crippen LogP contribution in [-0.2, 0) is 0 Å². The molecule has 4 aliphatic rings. The Morgan fingerprint density at radius 3 is 2.00 bits per heavy atom. The van der Waals surface area contributed by atoms with Crippen LogP contribution in [0.3, 0.4) is 0 Å². The summed E-state index contributed by atoms with van der Waals surface area (Å²) in [4.78, 5) is 0. The Hall–Kier alpha value is 0.460. The molecule has 2 unspecified atom stereocenters. The molecule has 2 atom stereocenters. The monoisotopic (exact) mass is 254 g/mol. The molecule has 4 fully saturated rings. The summed E-state index contributed by atoms with van der Waals surface area (Å²) in [6.45, 7) is 0. The van der Waals surface area contributed by atoms with Crippen LogP contribution >= 0.6 is 24.8 Å². The zero-order valence-corrected chi connectivity index (χ0v) is 10.3. The lowest BCUT2D eigenvalue weighted by Crippen LogP contribution is -2.62. The summed E-state index contributed by atoms with van der Waals surface area (Å²) in [6, 6.07) is 0.483. The molecule has 4 bridgehead atoms. The molecule has 4 saturated carbocycles. The number of hydrazine groups is 1. The number of nitrogens with one attached hydrogen (secondary N) is 1. The first-order valence-corrected chi connectivity index (χ1v) is 5.39. The van der Waals surface area contributed by atoms with E-state index in [-0.39, 0.29) is 30.4 Å². The minimum absolute atomic E-state index is 0. The van der Waals surface area contributed by atoms with Crippen LogP contribution in [-0.4, -0.2) is 16.7 Å². The second-order valence-corrected chi connectivity index (χ2v) is 5.39. The first-order chi connectivity index (χ1) is 6.20. The molecule has 5 heteroatoms. The number of aliphatic hydroxyl groups is 1. The Bertz CT molecular complexity index is 223. The van der Waals surface area contributed by atoms with E-state index in [2.05, 4.69) is 5.43 Å². The Labute approximate surface area is 103 Å². The van der Waals surface area contributed by atoms with Gasteiger partial charge in [0.25, 0.3) is 0 Å². The molecular formula is C10H20Cl2N2O. The fourth-order valence-electron chi connectivity index (χ4n) is 4.25. The van der Waals surface area contributed by atoms with Crippen molar-refractivity contribution in [1.82, 2.24) is 5.43 Å². The molecule has 4 aliphatic carbocycles. The highest BCUT2D eigenvalue weighted by molar-refractivity contribution is 5.85. The number of nitrogens with two attached hydrogens (primary N) is 1. The van der Waals surface area contributed by atoms with Crippen LogP contribution in [0.15, 0.2) is 0 Å². The molecular weight excluding hydrogens is 235 g/mol. The molecule has 4 N–H and O–H groups in total. The van der Waals surface area contributed by atoms with E-state index in [1.54, 1.807) is 0 Å². The van der Waals surface area contributed by atoms with E-state index in [1.165, 1.54) is 12.8 Å². The van der Waals surface area contributed by atoms with Crippen LogP contribution < -0.4 is 11.3 Å². The zero-order valence-electron chi connectivity index (χ0n) is 8.69. The highest BCUT2D eigenvalue weighted by Crippen LogP contribution is 2.55. The van der Waals surface area contributed by atoms with Crippen molar-refractivity contribution in [2.45, 2.75) is 43.7 Å². The number of hydrogen-bond acceptors (Lipinski definition) is 3. The molecule has 3 nitrogen and oxygen atoms in total. The van der Waals surface area contributed by atoms with Crippen LogP contribution in [0.1, 0.15) is 32.1 Å². The Balaban J connectivity index is 0.000000562. The lowest BCUT2D eigenvalue weighted by molar-refractivity contribution is -0.138. The van der Waals surface area contributed by atoms with Crippen molar-refractivity contribution in [1.29, 1.82) is 0 Å². The molecule has 4 rings (SSSR count). The molecule has 0 aromatic carbocycles. The molecule has 0 aromatic rings. The topological polar surface area (TPSA) is 58.3 Å². The fourth-order valence-corrected chi connectivity index (χ4v) is 4.25. The summed E-state index contributed by atoms with van der Waals surface area (Å²) in [6.07, 6.45) is 5.59. The Morgan fingerprint density at radius 1 is 1.07 bits per heavy atom. The maximum atomic E-state index is 10.2. The van der Waals surface area contributed by atoms with E-state index in [0.29, 0.717) is 17.9 Å². The van der Waals surface area contributed by atoms with Crippen LogP contribution in [0.25, 0.3) is 0 Å². The molecule has 0 spiro atoms. The summed E-state index contributed by atoms with van der Waals surface area (Å²) in [7, 11) is 0. The van der Waals surface area contributed by atoms with Crippen molar-refractivity contribution in [3.05, 3.63) is 0 Å². The smallest absolute Gasteiger partial charge is 0.0657 e. The summed E-state index contributed by atoms with van der Waals surface area (Å²) in [5.74, 6) is 7.63. The van der Waals surface area contributed by atoms with Gasteiger partial charge in [-0.15, -0.1) is 24.8 Å². The number of halogens is 2. The van der Waals surface area contributed by atoms with Gasteiger partial charge in [0.05, 0.1) is 5.60 Å². The van der Waals surface area contributed by atoms with E-state index >= 15 is 0 Å². The minimum Gasteiger partial charge on any atom is -0.390 e. The van der Waals surface area contributed by atoms with Crippen molar-refractivity contribution in [3.63, 3.8) is 0 Å². The first kappa shape index (κ1) is 13.5. The lowest BCUT2D eigenvalue weighted by atomic mass is 9.52. The quantitative estimate of drug-likeness (QED) is 0.488. The minimum atomic E-state index is -0.316. The van der Waals surface area contributed by atoms with Crippen molar-refractivity contribution < 1.29 is 5.11 Å². The van der Waals surface area contributed by atoms with Crippen molar-refractivity contribution in [3.8, 4) is 0 Å². The highest BCUT2D eigenvalue weighted by Gasteiger charge is 2.54. The largest absolute Gasteiger partial charge is 0.390 e. The summed E-state index contributed by atoms with van der Waals surface area (Å²) in [5, 5.41) is 10.2. The molecule has 0 amide bonds. The normalized spacial score (nSPS) is 50.8. The SMILES string of the molecule is Cl.Cl.NNC1C2CC3CC1CC(O)(C3)C2. The average Bonchev–Trinajstić information content (AvgIpc) is 2.00. The van der Waals surface area contributed by atoms with Gasteiger partial charge in [0.2, 0.25) is 0 Å². The van der Waals surface area contributed by atoms with Gasteiger partial charge >= 0.3 is 0 Å². The number of hydrogen-bond donors (Lipinski definition) is 3. The van der Waals surface area contributed by atoms with Crippen LogP contribution in [0.4, 0.5) is 0 Å². The van der Waals surface area contributed by atoms with Crippen molar-refractivity contribution in [2.75, 3.05) is 0 Å². The van der Waals surface area contributed by atoms with Crippen molar-refractivity contribution in [2.24, 2.45) is 23.6 Å². The molecule has 0 saturated heterocycles. The van der Waals surface area contributed by atoms with Gasteiger partial charge in [-0.2, -0.15) is 0 Å². The molecule has 0 aromatic heterocycles. The van der Waals surface area contributed by atoms with Gasteiger partial charge in [0.1, 0.15) is 0 Å². The van der Waals surface area contributed by atoms with Gasteiger partial charge in [-0.1, -0.05) is 0 Å². The van der Waals surface area contributed by atoms with Crippen molar-refractivity contribution >= 4 is 24.8 Å². The molecule has 15 heavy (non-hydrogen) atoms. The van der Waals surface area contributed by atoms with Crippen LogP contribution in [0.5, 0.6) is 0 Å². The Morgan fingerprint density at radius 2 is 1.60 bits per heavy atom. The van der Waals surface area contributed by atoms with E-state index < -0.39 is 0 Å². The third kappa shape index (κ3) is 2.01. The zero-order chi connectivity index (χ0) is 9.05. The van der Waals surface area contributed by atoms with E-state index in [1.807, 2.05) is 0 Å². The van der Waals surface area contributed by atoms with Gasteiger partial charge in [-0.05, 0) is 49.9 Å². The second kappa shape index (κ2) is 4.38. The predicted octanol–water partition coefficient (Wildman–Crippen LogP) is 1.23. The predicted molar refractivity (Wildman–Crippen MR) is 64.1 cm³/mol. The third-order valence-corrected chi connectivity index (χ3v) is 4.43. The van der Waals surface area contributed by atoms with Gasteiger partial charge in [-0.25, -0.2) is 0 Å². The highest BCUT2D eigenvalue weighted by atomic mass is 35.5. The molecule has 0 heterocycles. The van der Waals surface area contributed by atoms with Gasteiger partial charge < -0.3 is 5.11 Å². The summed E-state index contributed by atoms with van der Waals surface area (Å²) >= 11 is 0. The standard InChI is InChI=1S/C10H18N2O.2ClH/c11-12-9-7-1-6-2-8(9)5-10(13,3-6)4-7;;/h6-9,12-13H,1-5,11H2;2*1H. The lowest BCUT2D eigenvalue weighted by Gasteiger charge is -2.57. The van der Waals surface area contributed by atoms with Gasteiger partial charge in [-0.3, -0.25) is 11.3 Å². The Kier molecular flexibility index (Phi) is 3.95. The molecule has 90 valence electrons. The summed E-state index contributed by atoms with van der Waals surface area (Å²) < 4.78 is 0. The average molecular weight is 255 g/mol. The van der Waals surface area contributed by atoms with Gasteiger partial charge in [0.15, 0.2) is 0 Å². The van der Waals surface area contributed by atoms with Crippen LogP contribution in [0, 0.1) is 17.8 Å². The van der Waals surface area contributed by atoms with Gasteiger partial charge in [0, 0.05) is 6.04 Å². The maximum Gasteiger partial charge on any atom is 0.0657 e. The van der Waals surface area contributed by atoms with E-state index in [0.717, 1.165) is 25.2 Å². The van der Waals surface area contributed by atoms with Crippen LogP contribution in [0.2, 0.25) is 0 Å². The van der Waals surface area contributed by atoms with E-state index in [9.17, 15) is 5.11 Å². The first-order valence-electron chi connectivity index (χ1n) is 5.39. The summed E-state index contributed by atoms with van der Waals surface area (Å²) in [5.41, 5.74) is 2.64. The molecule has 0 aliphatic heterocycles. The maximum absolute atomic E-state index is 10.2.